The van der Waals surface area contributed by atoms with Crippen LogP contribution < -0.4 is 5.63 Å². The van der Waals surface area contributed by atoms with E-state index in [1.807, 2.05) is 12.1 Å². The Kier molecular flexibility index (Phi) is 5.61. The maximum absolute atomic E-state index is 13.3. The van der Waals surface area contributed by atoms with Gasteiger partial charge in [-0.15, -0.1) is 11.8 Å². The van der Waals surface area contributed by atoms with E-state index in [9.17, 15) is 23.1 Å². The van der Waals surface area contributed by atoms with Gasteiger partial charge in [0.05, 0.1) is 17.0 Å². The number of aryl methyl sites for hydroxylation is 1. The van der Waals surface area contributed by atoms with Gasteiger partial charge < -0.3 is 9.52 Å². The van der Waals surface area contributed by atoms with Gasteiger partial charge in [0.1, 0.15) is 17.1 Å². The van der Waals surface area contributed by atoms with Crippen molar-refractivity contribution >= 4 is 34.8 Å². The van der Waals surface area contributed by atoms with E-state index < -0.39 is 17.4 Å². The summed E-state index contributed by atoms with van der Waals surface area (Å²) in [7, 11) is 0. The SMILES string of the molecule is Cc1cc(O)c(C2=Nc3cc(C(F)(F)F)ccc3SC(c3ccc(Cl)cc3)C2)c(=O)o1. The van der Waals surface area contributed by atoms with Crippen LogP contribution in [0, 0.1) is 6.92 Å². The lowest BCUT2D eigenvalue weighted by atomic mass is 10.0. The molecular weight excluding hydrogens is 451 g/mol. The van der Waals surface area contributed by atoms with Crippen LogP contribution in [-0.2, 0) is 6.18 Å². The Hall–Kier alpha value is -2.71. The zero-order valence-electron chi connectivity index (χ0n) is 16.0. The molecule has 160 valence electrons. The van der Waals surface area contributed by atoms with Crippen molar-refractivity contribution in [1.82, 2.24) is 0 Å². The molecule has 1 unspecified atom stereocenters. The first-order valence-corrected chi connectivity index (χ1v) is 10.4. The van der Waals surface area contributed by atoms with Crippen LogP contribution in [0.5, 0.6) is 5.75 Å². The lowest BCUT2D eigenvalue weighted by Crippen LogP contribution is -2.17. The standard InChI is InChI=1S/C22H15ClF3NO3S/c1-11-8-17(28)20(21(29)30-11)16-10-19(12-2-5-14(23)6-3-12)31-18-7-4-13(22(24,25)26)9-15(18)27-16/h2-9,19,28H,10H2,1H3. The van der Waals surface area contributed by atoms with E-state index >= 15 is 0 Å². The van der Waals surface area contributed by atoms with Crippen molar-refractivity contribution < 1.29 is 22.7 Å². The van der Waals surface area contributed by atoms with Gasteiger partial charge >= 0.3 is 11.8 Å². The second-order valence-electron chi connectivity index (χ2n) is 7.01. The highest BCUT2D eigenvalue weighted by molar-refractivity contribution is 7.99. The Labute approximate surface area is 184 Å². The number of alkyl halides is 3. The van der Waals surface area contributed by atoms with Crippen molar-refractivity contribution in [2.75, 3.05) is 0 Å². The number of thioether (sulfide) groups is 1. The minimum Gasteiger partial charge on any atom is -0.507 e. The molecule has 0 amide bonds. The second kappa shape index (κ2) is 8.09. The Balaban J connectivity index is 1.90. The summed E-state index contributed by atoms with van der Waals surface area (Å²) in [6.45, 7) is 1.51. The monoisotopic (exact) mass is 465 g/mol. The minimum atomic E-state index is -4.54. The van der Waals surface area contributed by atoms with Crippen LogP contribution in [0.15, 0.2) is 67.6 Å². The van der Waals surface area contributed by atoms with Gasteiger partial charge in [-0.1, -0.05) is 23.7 Å². The third-order valence-electron chi connectivity index (χ3n) is 4.77. The van der Waals surface area contributed by atoms with Crippen LogP contribution in [0.3, 0.4) is 0 Å². The molecule has 2 heterocycles. The Morgan fingerprint density at radius 2 is 1.87 bits per heavy atom. The number of benzene rings is 2. The van der Waals surface area contributed by atoms with Crippen LogP contribution in [0.1, 0.15) is 34.1 Å². The van der Waals surface area contributed by atoms with E-state index in [1.54, 1.807) is 12.1 Å². The van der Waals surface area contributed by atoms with Gasteiger partial charge in [-0.05, 0) is 42.8 Å². The van der Waals surface area contributed by atoms with Crippen LogP contribution in [-0.4, -0.2) is 10.8 Å². The zero-order valence-corrected chi connectivity index (χ0v) is 17.6. The molecule has 0 fully saturated rings. The molecule has 31 heavy (non-hydrogen) atoms. The van der Waals surface area contributed by atoms with Gasteiger partial charge in [-0.25, -0.2) is 4.79 Å². The molecule has 0 bridgehead atoms. The molecular formula is C22H15ClF3NO3S. The van der Waals surface area contributed by atoms with Gasteiger partial charge in [0.2, 0.25) is 0 Å². The van der Waals surface area contributed by atoms with Gasteiger partial charge in [-0.3, -0.25) is 4.99 Å². The summed E-state index contributed by atoms with van der Waals surface area (Å²) in [6.07, 6.45) is -4.36. The Morgan fingerprint density at radius 3 is 2.52 bits per heavy atom. The highest BCUT2D eigenvalue weighted by Crippen LogP contribution is 2.47. The molecule has 0 saturated heterocycles. The van der Waals surface area contributed by atoms with Crippen molar-refractivity contribution in [2.45, 2.75) is 29.7 Å². The number of hydrogen-bond donors (Lipinski definition) is 1. The van der Waals surface area contributed by atoms with Crippen molar-refractivity contribution in [2.24, 2.45) is 4.99 Å². The minimum absolute atomic E-state index is 0.0747. The number of hydrogen-bond acceptors (Lipinski definition) is 5. The molecule has 1 aliphatic rings. The smallest absolute Gasteiger partial charge is 0.416 e. The molecule has 0 saturated carbocycles. The maximum atomic E-state index is 13.3. The molecule has 3 aromatic rings. The number of rotatable bonds is 2. The van der Waals surface area contributed by atoms with Gasteiger partial charge in [0.15, 0.2) is 0 Å². The molecule has 0 spiro atoms. The molecule has 1 aromatic heterocycles. The fraction of sp³-hybridized carbons (Fsp3) is 0.182. The molecule has 4 nitrogen and oxygen atoms in total. The number of halogens is 4. The predicted molar refractivity (Wildman–Crippen MR) is 114 cm³/mol. The number of nitrogens with zero attached hydrogens (tertiary/aromatic N) is 1. The van der Waals surface area contributed by atoms with Crippen LogP contribution in [0.2, 0.25) is 5.02 Å². The van der Waals surface area contributed by atoms with Crippen molar-refractivity contribution in [3.63, 3.8) is 0 Å². The average molecular weight is 466 g/mol. The predicted octanol–water partition coefficient (Wildman–Crippen LogP) is 6.68. The maximum Gasteiger partial charge on any atom is 0.416 e. The molecule has 9 heteroatoms. The van der Waals surface area contributed by atoms with Gasteiger partial charge in [0, 0.05) is 27.7 Å². The van der Waals surface area contributed by atoms with Gasteiger partial charge in [0.25, 0.3) is 0 Å². The summed E-state index contributed by atoms with van der Waals surface area (Å²) in [4.78, 5) is 17.4. The normalized spacial score (nSPS) is 16.4. The molecule has 0 aliphatic carbocycles. The molecule has 1 atom stereocenters. The largest absolute Gasteiger partial charge is 0.507 e. The van der Waals surface area contributed by atoms with Crippen molar-refractivity contribution in [3.8, 4) is 5.75 Å². The molecule has 0 radical (unpaired) electrons. The summed E-state index contributed by atoms with van der Waals surface area (Å²) in [5, 5.41) is 10.7. The van der Waals surface area contributed by atoms with E-state index in [2.05, 4.69) is 4.99 Å². The Morgan fingerprint density at radius 1 is 1.16 bits per heavy atom. The van der Waals surface area contributed by atoms with E-state index in [0.717, 1.165) is 17.7 Å². The summed E-state index contributed by atoms with van der Waals surface area (Å²) < 4.78 is 44.9. The summed E-state index contributed by atoms with van der Waals surface area (Å²) >= 11 is 7.31. The van der Waals surface area contributed by atoms with Crippen molar-refractivity contribution in [3.05, 3.63) is 86.4 Å². The lowest BCUT2D eigenvalue weighted by molar-refractivity contribution is -0.137. The average Bonchev–Trinajstić information content (AvgIpc) is 2.86. The third-order valence-corrected chi connectivity index (χ3v) is 6.35. The third kappa shape index (κ3) is 4.50. The highest BCUT2D eigenvalue weighted by atomic mass is 35.5. The molecule has 4 rings (SSSR count). The van der Waals surface area contributed by atoms with Crippen LogP contribution in [0.25, 0.3) is 0 Å². The number of fused-ring (bicyclic) bond motifs is 1. The summed E-state index contributed by atoms with van der Waals surface area (Å²) in [5.41, 5.74) is -0.727. The highest BCUT2D eigenvalue weighted by Gasteiger charge is 2.33. The number of aromatic hydroxyl groups is 1. The lowest BCUT2D eigenvalue weighted by Gasteiger charge is -2.16. The fourth-order valence-electron chi connectivity index (χ4n) is 3.33. The molecule has 1 aliphatic heterocycles. The first kappa shape index (κ1) is 21.5. The number of aliphatic imine (C=N–C) groups is 1. The zero-order chi connectivity index (χ0) is 22.3. The first-order valence-electron chi connectivity index (χ1n) is 9.17. The van der Waals surface area contributed by atoms with Crippen molar-refractivity contribution in [1.29, 1.82) is 0 Å². The van der Waals surface area contributed by atoms with E-state index in [1.165, 1.54) is 30.8 Å². The topological polar surface area (TPSA) is 62.8 Å². The fourth-order valence-corrected chi connectivity index (χ4v) is 4.66. The van der Waals surface area contributed by atoms with Crippen LogP contribution in [0.4, 0.5) is 18.9 Å². The Bertz CT molecular complexity index is 1240. The first-order chi connectivity index (χ1) is 14.6. The quantitative estimate of drug-likeness (QED) is 0.458. The molecule has 2 aromatic carbocycles. The summed E-state index contributed by atoms with van der Waals surface area (Å²) in [5.74, 6) is -0.119. The van der Waals surface area contributed by atoms with E-state index in [4.69, 9.17) is 16.0 Å². The second-order valence-corrected chi connectivity index (χ2v) is 8.69. The summed E-state index contributed by atoms with van der Waals surface area (Å²) in [6, 6.07) is 11.6. The van der Waals surface area contributed by atoms with E-state index in [0.29, 0.717) is 9.92 Å². The molecule has 1 N–H and O–H groups in total. The van der Waals surface area contributed by atoms with Crippen LogP contribution >= 0.6 is 23.4 Å². The van der Waals surface area contributed by atoms with E-state index in [-0.39, 0.29) is 40.1 Å². The van der Waals surface area contributed by atoms with Gasteiger partial charge in [-0.2, -0.15) is 13.2 Å².